The first-order valence-electron chi connectivity index (χ1n) is 6.68. The van der Waals surface area contributed by atoms with Gasteiger partial charge in [0.2, 0.25) is 0 Å². The second-order valence-corrected chi connectivity index (χ2v) is 7.72. The van der Waals surface area contributed by atoms with Crippen LogP contribution in [0.5, 0.6) is 0 Å². The highest BCUT2D eigenvalue weighted by Crippen LogP contribution is 2.18. The molecule has 4 nitrogen and oxygen atoms in total. The number of hydrogen-bond acceptors (Lipinski definition) is 2. The Morgan fingerprint density at radius 1 is 1.44 bits per heavy atom. The van der Waals surface area contributed by atoms with Crippen LogP contribution in [0.1, 0.15) is 40.0 Å². The topological polar surface area (TPSA) is 49.4 Å². The van der Waals surface area contributed by atoms with Crippen LogP contribution < -0.4 is 4.72 Å². The highest BCUT2D eigenvalue weighted by Gasteiger charge is 2.28. The molecule has 0 aromatic heterocycles. The highest BCUT2D eigenvalue weighted by molar-refractivity contribution is 7.87. The van der Waals surface area contributed by atoms with E-state index in [9.17, 15) is 8.42 Å². The van der Waals surface area contributed by atoms with Gasteiger partial charge in [-0.25, -0.2) is 0 Å². The molecule has 0 radical (unpaired) electrons. The van der Waals surface area contributed by atoms with Gasteiger partial charge < -0.3 is 0 Å². The lowest BCUT2D eigenvalue weighted by Gasteiger charge is -2.31. The number of rotatable bonds is 6. The minimum Gasteiger partial charge on any atom is -0.198 e. The molecule has 0 aromatic carbocycles. The van der Waals surface area contributed by atoms with Gasteiger partial charge in [0.05, 0.1) is 0 Å². The minimum atomic E-state index is -3.37. The predicted molar refractivity (Wildman–Crippen MR) is 76.0 cm³/mol. The van der Waals surface area contributed by atoms with Crippen molar-refractivity contribution in [2.75, 3.05) is 19.0 Å². The van der Waals surface area contributed by atoms with E-state index in [2.05, 4.69) is 25.5 Å². The fourth-order valence-electron chi connectivity index (χ4n) is 2.36. The molecular formula is C12H25ClN2O2S. The molecule has 1 saturated heterocycles. The van der Waals surface area contributed by atoms with Gasteiger partial charge in [-0.3, -0.25) is 0 Å². The molecule has 1 aliphatic heterocycles. The van der Waals surface area contributed by atoms with Crippen molar-refractivity contribution in [2.24, 2.45) is 11.8 Å². The van der Waals surface area contributed by atoms with Gasteiger partial charge in [-0.05, 0) is 31.1 Å². The first-order chi connectivity index (χ1) is 8.35. The van der Waals surface area contributed by atoms with Gasteiger partial charge >= 0.3 is 0 Å². The second kappa shape index (κ2) is 7.08. The summed E-state index contributed by atoms with van der Waals surface area (Å²) in [5.74, 6) is 1.19. The number of hydrogen-bond donors (Lipinski definition) is 1. The molecule has 1 fully saturated rings. The standard InChI is InChI=1S/C12H25ClN2O2S/c1-10(2)7-12(8-13)14-18(16,17)15-6-4-5-11(3)9-15/h10-12,14H,4-9H2,1-3H3. The third-order valence-electron chi connectivity index (χ3n) is 3.22. The SMILES string of the molecule is CC(C)CC(CCl)NS(=O)(=O)N1CCCC(C)C1. The van der Waals surface area contributed by atoms with E-state index in [1.165, 1.54) is 0 Å². The number of nitrogens with one attached hydrogen (secondary N) is 1. The van der Waals surface area contributed by atoms with Gasteiger partial charge in [-0.1, -0.05) is 20.8 Å². The van der Waals surface area contributed by atoms with Crippen molar-refractivity contribution >= 4 is 21.8 Å². The molecule has 2 unspecified atom stereocenters. The van der Waals surface area contributed by atoms with Crippen LogP contribution in [-0.2, 0) is 10.2 Å². The normalized spacial score (nSPS) is 24.4. The molecule has 108 valence electrons. The molecule has 2 atom stereocenters. The Morgan fingerprint density at radius 3 is 2.61 bits per heavy atom. The molecule has 0 amide bonds. The summed E-state index contributed by atoms with van der Waals surface area (Å²) in [4.78, 5) is 0. The lowest BCUT2D eigenvalue weighted by molar-refractivity contribution is 0.276. The van der Waals surface area contributed by atoms with E-state index in [0.29, 0.717) is 30.8 Å². The van der Waals surface area contributed by atoms with Crippen molar-refractivity contribution in [3.63, 3.8) is 0 Å². The molecule has 0 saturated carbocycles. The summed E-state index contributed by atoms with van der Waals surface area (Å²) < 4.78 is 28.8. The van der Waals surface area contributed by atoms with Crippen molar-refractivity contribution < 1.29 is 8.42 Å². The van der Waals surface area contributed by atoms with Gasteiger partial charge in [0.15, 0.2) is 0 Å². The van der Waals surface area contributed by atoms with E-state index in [0.717, 1.165) is 19.3 Å². The largest absolute Gasteiger partial charge is 0.279 e. The summed E-state index contributed by atoms with van der Waals surface area (Å²) in [5.41, 5.74) is 0. The second-order valence-electron chi connectivity index (χ2n) is 5.71. The van der Waals surface area contributed by atoms with Crippen LogP contribution in [0.25, 0.3) is 0 Å². The van der Waals surface area contributed by atoms with Gasteiger partial charge in [-0.15, -0.1) is 11.6 Å². The van der Waals surface area contributed by atoms with E-state index in [4.69, 9.17) is 11.6 Å². The lowest BCUT2D eigenvalue weighted by Crippen LogP contribution is -2.49. The van der Waals surface area contributed by atoms with E-state index in [1.807, 2.05) is 0 Å². The van der Waals surface area contributed by atoms with Gasteiger partial charge in [-0.2, -0.15) is 17.4 Å². The zero-order chi connectivity index (χ0) is 13.8. The fourth-order valence-corrected chi connectivity index (χ4v) is 4.23. The lowest BCUT2D eigenvalue weighted by atomic mass is 10.0. The molecule has 1 rings (SSSR count). The first kappa shape index (κ1) is 16.2. The molecule has 18 heavy (non-hydrogen) atoms. The molecule has 1 aliphatic rings. The summed E-state index contributed by atoms with van der Waals surface area (Å²) in [6.07, 6.45) is 2.82. The molecular weight excluding hydrogens is 272 g/mol. The Morgan fingerprint density at radius 2 is 2.11 bits per heavy atom. The fraction of sp³-hybridized carbons (Fsp3) is 1.00. The Kier molecular flexibility index (Phi) is 6.38. The monoisotopic (exact) mass is 296 g/mol. The predicted octanol–water partition coefficient (Wildman–Crippen LogP) is 2.21. The van der Waals surface area contributed by atoms with Crippen LogP contribution in [0.2, 0.25) is 0 Å². The van der Waals surface area contributed by atoms with Crippen molar-refractivity contribution in [3.8, 4) is 0 Å². The molecule has 6 heteroatoms. The van der Waals surface area contributed by atoms with Crippen molar-refractivity contribution in [3.05, 3.63) is 0 Å². The maximum absolute atomic E-state index is 12.2. The Labute approximate surface area is 116 Å². The van der Waals surface area contributed by atoms with Gasteiger partial charge in [0, 0.05) is 25.0 Å². The smallest absolute Gasteiger partial charge is 0.198 e. The average molecular weight is 297 g/mol. The van der Waals surface area contributed by atoms with Crippen LogP contribution in [0, 0.1) is 11.8 Å². The maximum atomic E-state index is 12.2. The van der Waals surface area contributed by atoms with E-state index < -0.39 is 10.2 Å². The Bertz CT molecular complexity index is 346. The summed E-state index contributed by atoms with van der Waals surface area (Å²) in [6, 6.07) is -0.172. The average Bonchev–Trinajstić information content (AvgIpc) is 2.27. The van der Waals surface area contributed by atoms with Crippen LogP contribution in [0.3, 0.4) is 0 Å². The maximum Gasteiger partial charge on any atom is 0.279 e. The summed E-state index contributed by atoms with van der Waals surface area (Å²) in [6.45, 7) is 7.46. The quantitative estimate of drug-likeness (QED) is 0.764. The Balaban J connectivity index is 2.62. The van der Waals surface area contributed by atoms with Crippen LogP contribution in [0.15, 0.2) is 0 Å². The van der Waals surface area contributed by atoms with E-state index in [1.54, 1.807) is 4.31 Å². The zero-order valence-corrected chi connectivity index (χ0v) is 13.1. The van der Waals surface area contributed by atoms with Gasteiger partial charge in [0.25, 0.3) is 10.2 Å². The summed E-state index contributed by atoms with van der Waals surface area (Å²) in [5, 5.41) is 0. The third kappa shape index (κ3) is 5.03. The summed E-state index contributed by atoms with van der Waals surface area (Å²) >= 11 is 5.84. The number of alkyl halides is 1. The van der Waals surface area contributed by atoms with Crippen molar-refractivity contribution in [2.45, 2.75) is 46.1 Å². The number of halogens is 1. The number of nitrogens with zero attached hydrogens (tertiary/aromatic N) is 1. The zero-order valence-electron chi connectivity index (χ0n) is 11.5. The molecule has 1 heterocycles. The molecule has 0 bridgehead atoms. The van der Waals surface area contributed by atoms with E-state index in [-0.39, 0.29) is 6.04 Å². The molecule has 0 spiro atoms. The molecule has 1 N–H and O–H groups in total. The highest BCUT2D eigenvalue weighted by atomic mass is 35.5. The van der Waals surface area contributed by atoms with Gasteiger partial charge in [0.1, 0.15) is 0 Å². The molecule has 0 aromatic rings. The molecule has 0 aliphatic carbocycles. The van der Waals surface area contributed by atoms with E-state index >= 15 is 0 Å². The third-order valence-corrected chi connectivity index (χ3v) is 5.23. The Hall–Kier alpha value is 0.160. The first-order valence-corrected chi connectivity index (χ1v) is 8.66. The minimum absolute atomic E-state index is 0.172. The van der Waals surface area contributed by atoms with Crippen LogP contribution >= 0.6 is 11.6 Å². The van der Waals surface area contributed by atoms with Crippen molar-refractivity contribution in [1.29, 1.82) is 0 Å². The summed E-state index contributed by atoms with van der Waals surface area (Å²) in [7, 11) is -3.37. The van der Waals surface area contributed by atoms with Crippen molar-refractivity contribution in [1.82, 2.24) is 9.03 Å². The van der Waals surface area contributed by atoms with Crippen LogP contribution in [0.4, 0.5) is 0 Å². The van der Waals surface area contributed by atoms with Crippen LogP contribution in [-0.4, -0.2) is 37.7 Å². The number of piperidine rings is 1.